The molecule has 0 aliphatic rings. The van der Waals surface area contributed by atoms with Crippen molar-refractivity contribution in [1.82, 2.24) is 19.9 Å². The first-order valence-corrected chi connectivity index (χ1v) is 10.3. The molecular formula is C24H23F2N5O3. The third-order valence-corrected chi connectivity index (χ3v) is 5.20. The highest BCUT2D eigenvalue weighted by Gasteiger charge is 2.24. The second-order valence-corrected chi connectivity index (χ2v) is 7.79. The maximum absolute atomic E-state index is 15.2. The van der Waals surface area contributed by atoms with Crippen LogP contribution in [0.25, 0.3) is 22.0 Å². The van der Waals surface area contributed by atoms with Gasteiger partial charge in [-0.2, -0.15) is 0 Å². The van der Waals surface area contributed by atoms with Crippen LogP contribution in [0, 0.1) is 11.6 Å². The Labute approximate surface area is 194 Å². The number of nitrogens with one attached hydrogen (secondary N) is 2. The molecular weight excluding hydrogens is 444 g/mol. The monoisotopic (exact) mass is 467 g/mol. The summed E-state index contributed by atoms with van der Waals surface area (Å²) in [5.41, 5.74) is 1.15. The van der Waals surface area contributed by atoms with Gasteiger partial charge in [0.2, 0.25) is 5.95 Å². The molecule has 2 aromatic heterocycles. The molecule has 4 aromatic rings. The van der Waals surface area contributed by atoms with E-state index in [1.165, 1.54) is 32.5 Å². The van der Waals surface area contributed by atoms with Gasteiger partial charge < -0.3 is 19.4 Å². The summed E-state index contributed by atoms with van der Waals surface area (Å²) < 4.78 is 40.4. The van der Waals surface area contributed by atoms with Crippen molar-refractivity contribution < 1.29 is 23.0 Å². The first-order valence-electron chi connectivity index (χ1n) is 10.3. The number of pyridine rings is 1. The molecule has 4 rings (SSSR count). The Bertz CT molecular complexity index is 1340. The highest BCUT2D eigenvalue weighted by molar-refractivity contribution is 6.14. The van der Waals surface area contributed by atoms with Gasteiger partial charge in [0.25, 0.3) is 5.91 Å². The third-order valence-electron chi connectivity index (χ3n) is 5.20. The average molecular weight is 467 g/mol. The van der Waals surface area contributed by atoms with Gasteiger partial charge in [0, 0.05) is 35.3 Å². The summed E-state index contributed by atoms with van der Waals surface area (Å²) in [7, 11) is 6.40. The third kappa shape index (κ3) is 4.27. The van der Waals surface area contributed by atoms with Gasteiger partial charge in [-0.1, -0.05) is 12.1 Å². The van der Waals surface area contributed by atoms with E-state index in [9.17, 15) is 4.79 Å². The summed E-state index contributed by atoms with van der Waals surface area (Å²) in [6.45, 7) is 0.631. The van der Waals surface area contributed by atoms with Gasteiger partial charge >= 0.3 is 0 Å². The fourth-order valence-corrected chi connectivity index (χ4v) is 3.71. The number of nitrogens with zero attached hydrogens (tertiary/aromatic N) is 3. The zero-order chi connectivity index (χ0) is 24.4. The van der Waals surface area contributed by atoms with Gasteiger partial charge in [0.05, 0.1) is 37.2 Å². The smallest absolute Gasteiger partial charge is 0.258 e. The summed E-state index contributed by atoms with van der Waals surface area (Å²) >= 11 is 0. The fourth-order valence-electron chi connectivity index (χ4n) is 3.71. The van der Waals surface area contributed by atoms with Gasteiger partial charge in [-0.3, -0.25) is 15.1 Å². The molecule has 0 radical (unpaired) electrons. The molecule has 0 aliphatic heterocycles. The van der Waals surface area contributed by atoms with E-state index in [-0.39, 0.29) is 39.7 Å². The quantitative estimate of drug-likeness (QED) is 0.423. The minimum Gasteiger partial charge on any atom is -0.494 e. The van der Waals surface area contributed by atoms with Crippen molar-refractivity contribution in [2.75, 3.05) is 33.6 Å². The Hall–Kier alpha value is -4.05. The van der Waals surface area contributed by atoms with Crippen molar-refractivity contribution in [2.24, 2.45) is 0 Å². The Morgan fingerprint density at radius 2 is 1.79 bits per heavy atom. The number of amides is 1. The summed E-state index contributed by atoms with van der Waals surface area (Å²) in [6, 6.07) is 7.38. The van der Waals surface area contributed by atoms with E-state index in [0.717, 1.165) is 11.8 Å². The molecule has 10 heteroatoms. The van der Waals surface area contributed by atoms with E-state index in [0.29, 0.717) is 11.9 Å². The van der Waals surface area contributed by atoms with Crippen LogP contribution in [0.4, 0.5) is 14.7 Å². The molecule has 0 unspecified atom stereocenters. The molecule has 2 N–H and O–H groups in total. The van der Waals surface area contributed by atoms with Gasteiger partial charge in [-0.05, 0) is 26.2 Å². The number of methoxy groups -OCH3 is 2. The SMILES string of the molecule is COc1cc(OC)c(F)c(-c2ccc(C(=O)Nc3ncc(CN(C)C)[nH]3)c3cccnc23)c1F. The largest absolute Gasteiger partial charge is 0.494 e. The number of H-pyrrole nitrogens is 1. The van der Waals surface area contributed by atoms with Crippen LogP contribution < -0.4 is 14.8 Å². The van der Waals surface area contributed by atoms with Gasteiger partial charge in [0.15, 0.2) is 23.1 Å². The standard InChI is InChI=1S/C24H23F2N5O3/c1-31(2)12-13-11-28-24(29-13)30-23(32)15-7-8-16(22-14(15)6-5-9-27-22)19-20(25)17(33-3)10-18(34-4)21(19)26/h5-11H,12H2,1-4H3,(H2,28,29,30,32). The molecule has 2 aromatic carbocycles. The number of aromatic nitrogens is 3. The molecule has 1 amide bonds. The number of anilines is 1. The molecule has 0 atom stereocenters. The van der Waals surface area contributed by atoms with Crippen molar-refractivity contribution >= 4 is 22.8 Å². The van der Waals surface area contributed by atoms with Crippen LogP contribution in [0.1, 0.15) is 16.1 Å². The van der Waals surface area contributed by atoms with E-state index >= 15 is 8.78 Å². The first kappa shape index (κ1) is 23.1. The zero-order valence-corrected chi connectivity index (χ0v) is 19.1. The number of hydrogen-bond acceptors (Lipinski definition) is 6. The van der Waals surface area contributed by atoms with E-state index in [4.69, 9.17) is 9.47 Å². The predicted octanol–water partition coefficient (Wildman–Crippen LogP) is 4.23. The summed E-state index contributed by atoms with van der Waals surface area (Å²) in [4.78, 5) is 26.5. The molecule has 0 spiro atoms. The van der Waals surface area contributed by atoms with E-state index in [1.54, 1.807) is 18.3 Å². The second-order valence-electron chi connectivity index (χ2n) is 7.79. The molecule has 2 heterocycles. The molecule has 0 saturated carbocycles. The van der Waals surface area contributed by atoms with Crippen LogP contribution in [0.15, 0.2) is 42.7 Å². The zero-order valence-electron chi connectivity index (χ0n) is 19.1. The molecule has 0 aliphatic carbocycles. The lowest BCUT2D eigenvalue weighted by atomic mass is 9.96. The Kier molecular flexibility index (Phi) is 6.42. The molecule has 0 fully saturated rings. The number of aromatic amines is 1. The van der Waals surface area contributed by atoms with Crippen LogP contribution in [-0.4, -0.2) is 54.1 Å². The maximum atomic E-state index is 15.2. The minimum absolute atomic E-state index is 0.158. The Morgan fingerprint density at radius 3 is 2.44 bits per heavy atom. The molecule has 0 bridgehead atoms. The molecule has 176 valence electrons. The van der Waals surface area contributed by atoms with Gasteiger partial charge in [-0.25, -0.2) is 13.8 Å². The van der Waals surface area contributed by atoms with Crippen molar-refractivity contribution in [3.05, 3.63) is 65.6 Å². The van der Waals surface area contributed by atoms with Crippen LogP contribution in [-0.2, 0) is 6.54 Å². The van der Waals surface area contributed by atoms with E-state index in [1.807, 2.05) is 19.0 Å². The number of hydrogen-bond donors (Lipinski definition) is 2. The lowest BCUT2D eigenvalue weighted by Gasteiger charge is -2.15. The number of fused-ring (bicyclic) bond motifs is 1. The lowest BCUT2D eigenvalue weighted by Crippen LogP contribution is -2.14. The van der Waals surface area contributed by atoms with E-state index < -0.39 is 17.5 Å². The molecule has 8 nitrogen and oxygen atoms in total. The predicted molar refractivity (Wildman–Crippen MR) is 124 cm³/mol. The maximum Gasteiger partial charge on any atom is 0.258 e. The average Bonchev–Trinajstić information content (AvgIpc) is 3.25. The van der Waals surface area contributed by atoms with Crippen LogP contribution in [0.2, 0.25) is 0 Å². The fraction of sp³-hybridized carbons (Fsp3) is 0.208. The highest BCUT2D eigenvalue weighted by atomic mass is 19.1. The number of imidazole rings is 1. The number of carbonyl (C=O) groups excluding carboxylic acids is 1. The Morgan fingerprint density at radius 1 is 1.09 bits per heavy atom. The Balaban J connectivity index is 1.79. The van der Waals surface area contributed by atoms with Crippen LogP contribution in [0.5, 0.6) is 11.5 Å². The summed E-state index contributed by atoms with van der Waals surface area (Å²) in [5, 5.41) is 3.14. The number of carbonyl (C=O) groups is 1. The van der Waals surface area contributed by atoms with E-state index in [2.05, 4.69) is 20.3 Å². The van der Waals surface area contributed by atoms with Crippen molar-refractivity contribution in [3.63, 3.8) is 0 Å². The molecule has 34 heavy (non-hydrogen) atoms. The second kappa shape index (κ2) is 9.44. The summed E-state index contributed by atoms with van der Waals surface area (Å²) in [5.74, 6) is -2.30. The normalized spacial score (nSPS) is 11.1. The van der Waals surface area contributed by atoms with Crippen LogP contribution >= 0.6 is 0 Å². The first-order chi connectivity index (χ1) is 16.3. The van der Waals surface area contributed by atoms with Crippen molar-refractivity contribution in [3.8, 4) is 22.6 Å². The van der Waals surface area contributed by atoms with Gasteiger partial charge in [-0.15, -0.1) is 0 Å². The molecule has 0 saturated heterocycles. The number of rotatable bonds is 7. The number of halogens is 2. The number of ether oxygens (including phenoxy) is 2. The highest BCUT2D eigenvalue weighted by Crippen LogP contribution is 2.40. The van der Waals surface area contributed by atoms with Crippen molar-refractivity contribution in [2.45, 2.75) is 6.54 Å². The van der Waals surface area contributed by atoms with Crippen LogP contribution in [0.3, 0.4) is 0 Å². The van der Waals surface area contributed by atoms with Crippen molar-refractivity contribution in [1.29, 1.82) is 0 Å². The van der Waals surface area contributed by atoms with Gasteiger partial charge in [0.1, 0.15) is 0 Å². The topological polar surface area (TPSA) is 92.4 Å². The summed E-state index contributed by atoms with van der Waals surface area (Å²) in [6.07, 6.45) is 3.13. The number of benzene rings is 2. The lowest BCUT2D eigenvalue weighted by molar-refractivity contribution is 0.102. The minimum atomic E-state index is -0.894.